The van der Waals surface area contributed by atoms with E-state index in [1.807, 2.05) is 30.6 Å². The molecule has 33 heavy (non-hydrogen) atoms. The van der Waals surface area contributed by atoms with E-state index >= 15 is 0 Å². The second-order valence-corrected chi connectivity index (χ2v) is 8.47. The second kappa shape index (κ2) is 9.92. The average Bonchev–Trinajstić information content (AvgIpc) is 3.53. The lowest BCUT2D eigenvalue weighted by atomic mass is 10.3. The maximum Gasteiger partial charge on any atom is 0.262 e. The fraction of sp³-hybridized carbons (Fsp3) is 0.318. The van der Waals surface area contributed by atoms with E-state index in [9.17, 15) is 4.79 Å². The number of carbonyl (C=O) groups excluding carboxylic acids is 1. The lowest BCUT2D eigenvalue weighted by Crippen LogP contribution is -2.36. The van der Waals surface area contributed by atoms with E-state index in [0.717, 1.165) is 61.8 Å². The number of aromatic nitrogens is 5. The molecule has 1 amide bonds. The highest BCUT2D eigenvalue weighted by Gasteiger charge is 2.12. The van der Waals surface area contributed by atoms with Gasteiger partial charge in [0.05, 0.1) is 36.8 Å². The highest BCUT2D eigenvalue weighted by Crippen LogP contribution is 2.20. The van der Waals surface area contributed by atoms with Crippen molar-refractivity contribution >= 4 is 45.7 Å². The molecule has 1 aliphatic heterocycles. The molecule has 2 N–H and O–H groups in total. The van der Waals surface area contributed by atoms with Crippen LogP contribution < -0.4 is 15.5 Å². The van der Waals surface area contributed by atoms with Gasteiger partial charge in [-0.2, -0.15) is 4.98 Å². The van der Waals surface area contributed by atoms with Crippen LogP contribution >= 0.6 is 11.3 Å². The molecule has 0 radical (unpaired) electrons. The van der Waals surface area contributed by atoms with E-state index in [1.54, 1.807) is 17.9 Å². The van der Waals surface area contributed by atoms with E-state index in [1.165, 1.54) is 11.3 Å². The Labute approximate surface area is 194 Å². The van der Waals surface area contributed by atoms with Crippen molar-refractivity contribution in [3.05, 3.63) is 53.4 Å². The zero-order chi connectivity index (χ0) is 22.5. The number of pyridine rings is 1. The second-order valence-electron chi connectivity index (χ2n) is 7.59. The summed E-state index contributed by atoms with van der Waals surface area (Å²) in [7, 11) is 0. The van der Waals surface area contributed by atoms with E-state index in [2.05, 4.69) is 40.0 Å². The summed E-state index contributed by atoms with van der Waals surface area (Å²) < 4.78 is 7.47. The van der Waals surface area contributed by atoms with Crippen molar-refractivity contribution in [2.45, 2.75) is 13.0 Å². The summed E-state index contributed by atoms with van der Waals surface area (Å²) in [6, 6.07) is 5.97. The summed E-state index contributed by atoms with van der Waals surface area (Å²) >= 11 is 1.33. The highest BCUT2D eigenvalue weighted by atomic mass is 32.1. The normalized spacial score (nSPS) is 13.9. The number of carbonyl (C=O) groups is 1. The fourth-order valence-corrected chi connectivity index (χ4v) is 4.18. The number of rotatable bonds is 8. The van der Waals surface area contributed by atoms with E-state index in [4.69, 9.17) is 4.74 Å². The molecule has 0 spiro atoms. The summed E-state index contributed by atoms with van der Waals surface area (Å²) in [4.78, 5) is 32.5. The molecule has 0 atom stereocenters. The third kappa shape index (κ3) is 5.10. The van der Waals surface area contributed by atoms with Crippen LogP contribution in [0.5, 0.6) is 0 Å². The molecule has 11 heteroatoms. The van der Waals surface area contributed by atoms with Crippen molar-refractivity contribution in [1.29, 1.82) is 0 Å². The minimum atomic E-state index is -0.0862. The van der Waals surface area contributed by atoms with Crippen LogP contribution in [-0.2, 0) is 11.3 Å². The standard InChI is InChI=1S/C22H24N8O2S/c31-21(18-14-23-15-33-18)24-5-1-6-30-7-4-16-12-26-22(28-20(16)30)27-17-2-3-19(25-13-17)29-8-10-32-11-9-29/h2-4,7,12-15H,1,5-6,8-11H2,(H,24,31)(H,26,27,28). The van der Waals surface area contributed by atoms with Crippen molar-refractivity contribution < 1.29 is 9.53 Å². The topological polar surface area (TPSA) is 110 Å². The molecule has 5 rings (SSSR count). The van der Waals surface area contributed by atoms with Gasteiger partial charge in [-0.15, -0.1) is 11.3 Å². The summed E-state index contributed by atoms with van der Waals surface area (Å²) in [5, 5.41) is 7.13. The van der Waals surface area contributed by atoms with Gasteiger partial charge in [0.25, 0.3) is 5.91 Å². The lowest BCUT2D eigenvalue weighted by molar-refractivity contribution is 0.0956. The predicted molar refractivity (Wildman–Crippen MR) is 127 cm³/mol. The summed E-state index contributed by atoms with van der Waals surface area (Å²) in [6.45, 7) is 4.48. The zero-order valence-electron chi connectivity index (χ0n) is 18.0. The molecule has 1 saturated heterocycles. The minimum absolute atomic E-state index is 0.0862. The average molecular weight is 465 g/mol. The van der Waals surface area contributed by atoms with E-state index < -0.39 is 0 Å². The van der Waals surface area contributed by atoms with Gasteiger partial charge in [0, 0.05) is 44.0 Å². The number of thiazole rings is 1. The Bertz CT molecular complexity index is 1200. The van der Waals surface area contributed by atoms with Gasteiger partial charge in [-0.3, -0.25) is 9.78 Å². The maximum atomic E-state index is 12.0. The molecular weight excluding hydrogens is 440 g/mol. The number of nitrogens with one attached hydrogen (secondary N) is 2. The number of hydrogen-bond acceptors (Lipinski definition) is 9. The molecule has 0 aliphatic carbocycles. The summed E-state index contributed by atoms with van der Waals surface area (Å²) in [5.41, 5.74) is 3.33. The number of fused-ring (bicyclic) bond motifs is 1. The Morgan fingerprint density at radius 3 is 2.82 bits per heavy atom. The molecule has 0 unspecified atom stereocenters. The first-order chi connectivity index (χ1) is 16.3. The first-order valence-electron chi connectivity index (χ1n) is 10.8. The minimum Gasteiger partial charge on any atom is -0.378 e. The molecule has 1 aliphatic rings. The first kappa shape index (κ1) is 21.3. The van der Waals surface area contributed by atoms with Crippen molar-refractivity contribution in [3.8, 4) is 0 Å². The van der Waals surface area contributed by atoms with Gasteiger partial charge in [-0.25, -0.2) is 9.97 Å². The van der Waals surface area contributed by atoms with Gasteiger partial charge in [0.2, 0.25) is 5.95 Å². The smallest absolute Gasteiger partial charge is 0.262 e. The van der Waals surface area contributed by atoms with Gasteiger partial charge in [0.15, 0.2) is 0 Å². The molecule has 0 saturated carbocycles. The SMILES string of the molecule is O=C(NCCCn1ccc2cnc(Nc3ccc(N4CCOCC4)nc3)nc21)c1cncs1. The number of aryl methyl sites for hydroxylation is 1. The Morgan fingerprint density at radius 2 is 2.03 bits per heavy atom. The van der Waals surface area contributed by atoms with Crippen LogP contribution in [-0.4, -0.2) is 63.3 Å². The highest BCUT2D eigenvalue weighted by molar-refractivity contribution is 7.11. The first-order valence-corrected chi connectivity index (χ1v) is 11.7. The molecule has 10 nitrogen and oxygen atoms in total. The molecule has 4 aromatic rings. The van der Waals surface area contributed by atoms with Crippen LogP contribution in [0.2, 0.25) is 0 Å². The predicted octanol–water partition coefficient (Wildman–Crippen LogP) is 2.68. The largest absolute Gasteiger partial charge is 0.378 e. The van der Waals surface area contributed by atoms with Crippen molar-refractivity contribution in [1.82, 2.24) is 29.8 Å². The van der Waals surface area contributed by atoms with Crippen molar-refractivity contribution in [2.75, 3.05) is 43.1 Å². The third-order valence-corrected chi connectivity index (χ3v) is 6.13. The van der Waals surface area contributed by atoms with E-state index in [0.29, 0.717) is 17.4 Å². The fourth-order valence-electron chi connectivity index (χ4n) is 3.65. The number of hydrogen-bond donors (Lipinski definition) is 2. The van der Waals surface area contributed by atoms with E-state index in [-0.39, 0.29) is 5.91 Å². The number of anilines is 3. The van der Waals surface area contributed by atoms with Gasteiger partial charge in [-0.1, -0.05) is 0 Å². The molecule has 1 fully saturated rings. The number of ether oxygens (including phenoxy) is 1. The summed E-state index contributed by atoms with van der Waals surface area (Å²) in [6.07, 6.45) is 7.96. The molecule has 170 valence electrons. The van der Waals surface area contributed by atoms with Crippen molar-refractivity contribution in [2.24, 2.45) is 0 Å². The summed E-state index contributed by atoms with van der Waals surface area (Å²) in [5.74, 6) is 1.37. The van der Waals surface area contributed by atoms with Gasteiger partial charge >= 0.3 is 0 Å². The Balaban J connectivity index is 1.19. The quantitative estimate of drug-likeness (QED) is 0.383. The van der Waals surface area contributed by atoms with Gasteiger partial charge in [-0.05, 0) is 24.6 Å². The lowest BCUT2D eigenvalue weighted by Gasteiger charge is -2.27. The molecule has 4 aromatic heterocycles. The number of nitrogens with zero attached hydrogens (tertiary/aromatic N) is 6. The monoisotopic (exact) mass is 464 g/mol. The zero-order valence-corrected chi connectivity index (χ0v) is 18.8. The number of morpholine rings is 1. The maximum absolute atomic E-state index is 12.0. The van der Waals surface area contributed by atoms with Crippen LogP contribution in [0.15, 0.2) is 48.5 Å². The van der Waals surface area contributed by atoms with Crippen LogP contribution in [0.1, 0.15) is 16.1 Å². The van der Waals surface area contributed by atoms with Gasteiger partial charge in [0.1, 0.15) is 16.3 Å². The third-order valence-electron chi connectivity index (χ3n) is 5.36. The van der Waals surface area contributed by atoms with Crippen LogP contribution in [0.3, 0.4) is 0 Å². The molecule has 0 aromatic carbocycles. The van der Waals surface area contributed by atoms with Crippen LogP contribution in [0.25, 0.3) is 11.0 Å². The molecule has 5 heterocycles. The Morgan fingerprint density at radius 1 is 1.12 bits per heavy atom. The van der Waals surface area contributed by atoms with Gasteiger partial charge < -0.3 is 24.8 Å². The van der Waals surface area contributed by atoms with Crippen LogP contribution in [0.4, 0.5) is 17.5 Å². The molecule has 0 bridgehead atoms. The molecular formula is C22H24N8O2S. The van der Waals surface area contributed by atoms with Crippen molar-refractivity contribution in [3.63, 3.8) is 0 Å². The number of amides is 1. The Kier molecular flexibility index (Phi) is 6.40. The van der Waals surface area contributed by atoms with Crippen LogP contribution in [0, 0.1) is 0 Å². The Hall–Kier alpha value is -3.57.